The Hall–Kier alpha value is -1.69. The molecule has 0 saturated carbocycles. The van der Waals surface area contributed by atoms with Crippen molar-refractivity contribution >= 4 is 17.2 Å². The molecule has 0 radical (unpaired) electrons. The maximum atomic E-state index is 12.6. The molecule has 2 aromatic rings. The molecule has 0 N–H and O–H groups in total. The molecule has 6 heteroatoms. The van der Waals surface area contributed by atoms with E-state index in [2.05, 4.69) is 19.4 Å². The lowest BCUT2D eigenvalue weighted by Gasteiger charge is -2.36. The minimum atomic E-state index is 0.223. The molecule has 22 heavy (non-hydrogen) atoms. The highest BCUT2D eigenvalue weighted by Gasteiger charge is 2.26. The van der Waals surface area contributed by atoms with Gasteiger partial charge in [0.2, 0.25) is 5.91 Å². The third-order valence-electron chi connectivity index (χ3n) is 4.23. The van der Waals surface area contributed by atoms with E-state index in [1.165, 1.54) is 6.42 Å². The Balaban J connectivity index is 1.60. The van der Waals surface area contributed by atoms with Gasteiger partial charge in [0.15, 0.2) is 0 Å². The fourth-order valence-corrected chi connectivity index (χ4v) is 3.70. The number of carbonyl (C=O) groups excluding carboxylic acids is 1. The highest BCUT2D eigenvalue weighted by Crippen LogP contribution is 2.22. The van der Waals surface area contributed by atoms with Crippen molar-refractivity contribution in [3.05, 3.63) is 34.8 Å². The number of thiazole rings is 1. The molecule has 0 aliphatic carbocycles. The van der Waals surface area contributed by atoms with E-state index >= 15 is 0 Å². The minimum Gasteiger partial charge on any atom is -0.339 e. The molecule has 0 bridgehead atoms. The van der Waals surface area contributed by atoms with Crippen LogP contribution in [0.3, 0.4) is 0 Å². The lowest BCUT2D eigenvalue weighted by Crippen LogP contribution is -2.44. The van der Waals surface area contributed by atoms with Crippen LogP contribution in [0.4, 0.5) is 0 Å². The maximum absolute atomic E-state index is 12.6. The predicted molar refractivity (Wildman–Crippen MR) is 86.8 cm³/mol. The molecule has 1 fully saturated rings. The number of aryl methyl sites for hydroxylation is 2. The average molecular weight is 318 g/mol. The Morgan fingerprint density at radius 2 is 2.36 bits per heavy atom. The SMILES string of the molecule is Cc1nc(CC(=O)N2CCCC[C@H]2CCn2ccnc2)cs1. The standard InChI is InChI=1S/C16H22N4OS/c1-13-18-14(11-22-13)10-16(21)20-7-3-2-4-15(20)5-8-19-9-6-17-12-19/h6,9,11-12,15H,2-5,7-8,10H2,1H3/t15-/m0/s1. The second-order valence-electron chi connectivity index (χ2n) is 5.86. The zero-order chi connectivity index (χ0) is 15.4. The summed E-state index contributed by atoms with van der Waals surface area (Å²) in [4.78, 5) is 23.2. The van der Waals surface area contributed by atoms with E-state index in [0.717, 1.165) is 43.1 Å². The first-order chi connectivity index (χ1) is 10.7. The van der Waals surface area contributed by atoms with Crippen molar-refractivity contribution in [1.29, 1.82) is 0 Å². The second kappa shape index (κ2) is 7.05. The summed E-state index contributed by atoms with van der Waals surface area (Å²) in [6.45, 7) is 3.79. The number of hydrogen-bond acceptors (Lipinski definition) is 4. The van der Waals surface area contributed by atoms with Gasteiger partial charge < -0.3 is 9.47 Å². The molecular formula is C16H22N4OS. The van der Waals surface area contributed by atoms with Crippen molar-refractivity contribution in [2.24, 2.45) is 0 Å². The smallest absolute Gasteiger partial charge is 0.228 e. The van der Waals surface area contributed by atoms with Crippen molar-refractivity contribution in [2.75, 3.05) is 6.54 Å². The number of likely N-dealkylation sites (tertiary alicyclic amines) is 1. The zero-order valence-electron chi connectivity index (χ0n) is 12.9. The minimum absolute atomic E-state index is 0.223. The molecule has 0 unspecified atom stereocenters. The number of nitrogens with zero attached hydrogens (tertiary/aromatic N) is 4. The van der Waals surface area contributed by atoms with E-state index in [1.54, 1.807) is 17.5 Å². The number of imidazole rings is 1. The van der Waals surface area contributed by atoms with Gasteiger partial charge in [-0.1, -0.05) is 0 Å². The van der Waals surface area contributed by atoms with Gasteiger partial charge in [-0.05, 0) is 32.6 Å². The third-order valence-corrected chi connectivity index (χ3v) is 5.05. The van der Waals surface area contributed by atoms with Gasteiger partial charge in [-0.3, -0.25) is 4.79 Å². The number of carbonyl (C=O) groups is 1. The van der Waals surface area contributed by atoms with E-state index < -0.39 is 0 Å². The largest absolute Gasteiger partial charge is 0.339 e. The highest BCUT2D eigenvalue weighted by atomic mass is 32.1. The highest BCUT2D eigenvalue weighted by molar-refractivity contribution is 7.09. The molecule has 0 spiro atoms. The summed E-state index contributed by atoms with van der Waals surface area (Å²) in [6.07, 6.45) is 10.5. The van der Waals surface area contributed by atoms with Crippen molar-refractivity contribution in [3.8, 4) is 0 Å². The number of amides is 1. The molecule has 1 aliphatic heterocycles. The Morgan fingerprint density at radius 1 is 1.45 bits per heavy atom. The monoisotopic (exact) mass is 318 g/mol. The van der Waals surface area contributed by atoms with Crippen LogP contribution in [0.5, 0.6) is 0 Å². The number of hydrogen-bond donors (Lipinski definition) is 0. The molecule has 1 saturated heterocycles. The summed E-state index contributed by atoms with van der Waals surface area (Å²) in [5.74, 6) is 0.223. The van der Waals surface area contributed by atoms with Crippen LogP contribution in [0.15, 0.2) is 24.1 Å². The Kier molecular flexibility index (Phi) is 4.87. The van der Waals surface area contributed by atoms with E-state index in [-0.39, 0.29) is 5.91 Å². The fourth-order valence-electron chi connectivity index (χ4n) is 3.09. The number of rotatable bonds is 5. The Morgan fingerprint density at radius 3 is 3.09 bits per heavy atom. The van der Waals surface area contributed by atoms with Gasteiger partial charge in [-0.2, -0.15) is 0 Å². The van der Waals surface area contributed by atoms with Crippen molar-refractivity contribution in [1.82, 2.24) is 19.4 Å². The summed E-state index contributed by atoms with van der Waals surface area (Å²) in [5.41, 5.74) is 0.909. The first kappa shape index (κ1) is 15.2. The van der Waals surface area contributed by atoms with Crippen LogP contribution in [-0.4, -0.2) is 37.9 Å². The van der Waals surface area contributed by atoms with E-state index in [1.807, 2.05) is 24.8 Å². The van der Waals surface area contributed by atoms with Crippen molar-refractivity contribution < 1.29 is 4.79 Å². The van der Waals surface area contributed by atoms with Crippen LogP contribution in [-0.2, 0) is 17.8 Å². The van der Waals surface area contributed by atoms with Crippen LogP contribution in [0, 0.1) is 6.92 Å². The van der Waals surface area contributed by atoms with Gasteiger partial charge in [0, 0.05) is 36.9 Å². The molecule has 5 nitrogen and oxygen atoms in total. The maximum Gasteiger partial charge on any atom is 0.228 e. The molecule has 1 amide bonds. The lowest BCUT2D eigenvalue weighted by molar-refractivity contribution is -0.134. The van der Waals surface area contributed by atoms with Crippen LogP contribution >= 0.6 is 11.3 Å². The summed E-state index contributed by atoms with van der Waals surface area (Å²) in [6, 6.07) is 0.350. The third kappa shape index (κ3) is 3.74. The molecule has 3 rings (SSSR count). The Bertz CT molecular complexity index is 607. The predicted octanol–water partition coefficient (Wildman–Crippen LogP) is 2.66. The van der Waals surface area contributed by atoms with Crippen LogP contribution in [0.25, 0.3) is 0 Å². The van der Waals surface area contributed by atoms with Crippen LogP contribution in [0.1, 0.15) is 36.4 Å². The Labute approximate surface area is 135 Å². The van der Waals surface area contributed by atoms with Gasteiger partial charge in [0.25, 0.3) is 0 Å². The van der Waals surface area contributed by atoms with Crippen molar-refractivity contribution in [2.45, 2.75) is 51.6 Å². The molecule has 1 aliphatic rings. The first-order valence-electron chi connectivity index (χ1n) is 7.88. The molecule has 2 aromatic heterocycles. The van der Waals surface area contributed by atoms with Gasteiger partial charge in [0.05, 0.1) is 23.4 Å². The fraction of sp³-hybridized carbons (Fsp3) is 0.562. The van der Waals surface area contributed by atoms with Gasteiger partial charge >= 0.3 is 0 Å². The normalized spacial score (nSPS) is 18.6. The number of aromatic nitrogens is 3. The summed E-state index contributed by atoms with van der Waals surface area (Å²) >= 11 is 1.61. The molecule has 118 valence electrons. The van der Waals surface area contributed by atoms with Crippen LogP contribution in [0.2, 0.25) is 0 Å². The van der Waals surface area contributed by atoms with Crippen molar-refractivity contribution in [3.63, 3.8) is 0 Å². The van der Waals surface area contributed by atoms with E-state index in [4.69, 9.17) is 0 Å². The second-order valence-corrected chi connectivity index (χ2v) is 6.92. The summed E-state index contributed by atoms with van der Waals surface area (Å²) < 4.78 is 2.08. The zero-order valence-corrected chi connectivity index (χ0v) is 13.8. The molecule has 3 heterocycles. The topological polar surface area (TPSA) is 51.0 Å². The van der Waals surface area contributed by atoms with E-state index in [0.29, 0.717) is 12.5 Å². The van der Waals surface area contributed by atoms with Crippen LogP contribution < -0.4 is 0 Å². The molecule has 1 atom stereocenters. The summed E-state index contributed by atoms with van der Waals surface area (Å²) in [7, 11) is 0. The van der Waals surface area contributed by atoms with Gasteiger partial charge in [-0.15, -0.1) is 11.3 Å². The lowest BCUT2D eigenvalue weighted by atomic mass is 9.98. The molecule has 0 aromatic carbocycles. The first-order valence-corrected chi connectivity index (χ1v) is 8.76. The average Bonchev–Trinajstić information content (AvgIpc) is 3.17. The quantitative estimate of drug-likeness (QED) is 0.851. The summed E-state index contributed by atoms with van der Waals surface area (Å²) in [5, 5.41) is 3.02. The number of piperidine rings is 1. The van der Waals surface area contributed by atoms with Gasteiger partial charge in [0.1, 0.15) is 0 Å². The molecular weight excluding hydrogens is 296 g/mol. The van der Waals surface area contributed by atoms with E-state index in [9.17, 15) is 4.79 Å². The van der Waals surface area contributed by atoms with Gasteiger partial charge in [-0.25, -0.2) is 9.97 Å².